The van der Waals surface area contributed by atoms with E-state index in [0.717, 1.165) is 22.6 Å². The van der Waals surface area contributed by atoms with Crippen LogP contribution in [0.15, 0.2) is 72.8 Å². The van der Waals surface area contributed by atoms with Crippen LogP contribution in [0, 0.1) is 0 Å². The lowest BCUT2D eigenvalue weighted by molar-refractivity contribution is 0.0693. The molecular formula is C21H16O6S. The topological polar surface area (TPSA) is 101 Å². The minimum Gasteiger partial charge on any atom is -0.507 e. The van der Waals surface area contributed by atoms with E-state index >= 15 is 0 Å². The van der Waals surface area contributed by atoms with Gasteiger partial charge in [-0.25, -0.2) is 4.79 Å². The summed E-state index contributed by atoms with van der Waals surface area (Å²) in [6.45, 7) is 0. The maximum atomic E-state index is 11.2. The Hall–Kier alpha value is -3.58. The van der Waals surface area contributed by atoms with E-state index in [2.05, 4.69) is 0 Å². The highest BCUT2D eigenvalue weighted by Crippen LogP contribution is 2.28. The summed E-state index contributed by atoms with van der Waals surface area (Å²) in [5.74, 6) is -1.60. The maximum Gasteiger partial charge on any atom is 0.339 e. The van der Waals surface area contributed by atoms with E-state index in [1.807, 2.05) is 42.5 Å². The van der Waals surface area contributed by atoms with Crippen LogP contribution in [0.25, 0.3) is 11.1 Å². The van der Waals surface area contributed by atoms with Crippen molar-refractivity contribution in [3.63, 3.8) is 0 Å². The number of benzene rings is 3. The van der Waals surface area contributed by atoms with Crippen molar-refractivity contribution < 1.29 is 28.2 Å². The third-order valence-corrected chi connectivity index (χ3v) is 4.51. The van der Waals surface area contributed by atoms with E-state index in [1.54, 1.807) is 12.1 Å². The van der Waals surface area contributed by atoms with Gasteiger partial charge in [-0.15, -0.1) is 0 Å². The summed E-state index contributed by atoms with van der Waals surface area (Å²) < 4.78 is 28.1. The summed E-state index contributed by atoms with van der Waals surface area (Å²) in [4.78, 5) is 11.2. The molecule has 0 spiro atoms. The molecule has 0 amide bonds. The molecule has 6 nitrogen and oxygen atoms in total. The normalized spacial score (nSPS) is 11.4. The summed E-state index contributed by atoms with van der Waals surface area (Å²) in [6.07, 6.45) is -0.950. The second-order valence-electron chi connectivity index (χ2n) is 5.91. The third kappa shape index (κ3) is 4.57. The van der Waals surface area contributed by atoms with Crippen molar-refractivity contribution in [1.29, 1.82) is 0 Å². The van der Waals surface area contributed by atoms with Gasteiger partial charge in [0.05, 0.1) is 5.37 Å². The molecular weight excluding hydrogens is 380 g/mol. The van der Waals surface area contributed by atoms with Gasteiger partial charge in [-0.1, -0.05) is 54.6 Å². The Morgan fingerprint density at radius 3 is 2.18 bits per heavy atom. The molecule has 2 N–H and O–H groups in total. The largest absolute Gasteiger partial charge is 0.507 e. The zero-order chi connectivity index (χ0) is 20.1. The predicted molar refractivity (Wildman–Crippen MR) is 105 cm³/mol. The number of aromatic carboxylic acids is 1. The highest BCUT2D eigenvalue weighted by Gasteiger charge is 2.16. The Morgan fingerprint density at radius 1 is 0.929 bits per heavy atom. The smallest absolute Gasteiger partial charge is 0.339 e. The van der Waals surface area contributed by atoms with E-state index in [-0.39, 0.29) is 11.3 Å². The van der Waals surface area contributed by atoms with Gasteiger partial charge >= 0.3 is 5.97 Å². The molecule has 0 aromatic heterocycles. The predicted octanol–water partition coefficient (Wildman–Crippen LogP) is 3.56. The van der Waals surface area contributed by atoms with E-state index < -0.39 is 28.1 Å². The van der Waals surface area contributed by atoms with Crippen molar-refractivity contribution in [2.45, 2.75) is 6.10 Å². The zero-order valence-electron chi connectivity index (χ0n) is 14.5. The SMILES string of the molecule is O=C(O)c1cc(OC(C=S(=O)=O)c2ccc(-c3ccccc3)cc2)ccc1O. The number of carboxylic acids is 1. The van der Waals surface area contributed by atoms with Gasteiger partial charge < -0.3 is 14.9 Å². The van der Waals surface area contributed by atoms with Crippen molar-refractivity contribution in [3.8, 4) is 22.6 Å². The Kier molecular flexibility index (Phi) is 5.76. The van der Waals surface area contributed by atoms with Crippen LogP contribution in [0.3, 0.4) is 0 Å². The van der Waals surface area contributed by atoms with Crippen LogP contribution < -0.4 is 4.74 Å². The summed E-state index contributed by atoms with van der Waals surface area (Å²) >= 11 is 0. The van der Waals surface area contributed by atoms with Crippen molar-refractivity contribution in [2.75, 3.05) is 0 Å². The van der Waals surface area contributed by atoms with Crippen LogP contribution >= 0.6 is 0 Å². The molecule has 3 aromatic carbocycles. The van der Waals surface area contributed by atoms with Crippen molar-refractivity contribution in [1.82, 2.24) is 0 Å². The Bertz CT molecular complexity index is 1110. The molecule has 0 fully saturated rings. The summed E-state index contributed by atoms with van der Waals surface area (Å²) in [5.41, 5.74) is 2.23. The number of phenols is 1. The Labute approximate surface area is 162 Å². The van der Waals surface area contributed by atoms with Gasteiger partial charge in [0.1, 0.15) is 17.1 Å². The number of ether oxygens (including phenoxy) is 1. The van der Waals surface area contributed by atoms with Gasteiger partial charge in [0.2, 0.25) is 10.3 Å². The fourth-order valence-electron chi connectivity index (χ4n) is 2.68. The van der Waals surface area contributed by atoms with Crippen molar-refractivity contribution >= 4 is 21.6 Å². The lowest BCUT2D eigenvalue weighted by atomic mass is 10.0. The van der Waals surface area contributed by atoms with E-state index in [4.69, 9.17) is 9.84 Å². The molecule has 0 aliphatic rings. The Balaban J connectivity index is 1.92. The van der Waals surface area contributed by atoms with Gasteiger partial charge in [0.15, 0.2) is 6.10 Å². The molecule has 7 heteroatoms. The van der Waals surface area contributed by atoms with Gasteiger partial charge in [0, 0.05) is 0 Å². The highest BCUT2D eigenvalue weighted by atomic mass is 32.2. The van der Waals surface area contributed by atoms with E-state index in [0.29, 0.717) is 5.56 Å². The van der Waals surface area contributed by atoms with Crippen LogP contribution in [-0.4, -0.2) is 30.0 Å². The lowest BCUT2D eigenvalue weighted by Gasteiger charge is -2.16. The molecule has 0 saturated carbocycles. The molecule has 28 heavy (non-hydrogen) atoms. The minimum atomic E-state index is -2.50. The van der Waals surface area contributed by atoms with Crippen LogP contribution in [0.5, 0.6) is 11.5 Å². The summed E-state index contributed by atoms with van der Waals surface area (Å²) in [5, 5.41) is 19.7. The number of aromatic hydroxyl groups is 1. The fourth-order valence-corrected chi connectivity index (χ4v) is 3.09. The zero-order valence-corrected chi connectivity index (χ0v) is 15.3. The van der Waals surface area contributed by atoms with Gasteiger partial charge in [-0.2, -0.15) is 8.42 Å². The number of carbonyl (C=O) groups is 1. The molecule has 3 aromatic rings. The second kappa shape index (κ2) is 8.41. The molecule has 0 heterocycles. The summed E-state index contributed by atoms with van der Waals surface area (Å²) in [6, 6.07) is 20.6. The number of carboxylic acid groups (broad SMARTS) is 1. The molecule has 142 valence electrons. The first kappa shape index (κ1) is 19.2. The van der Waals surface area contributed by atoms with Crippen LogP contribution in [0.2, 0.25) is 0 Å². The quantitative estimate of drug-likeness (QED) is 0.618. The van der Waals surface area contributed by atoms with E-state index in [9.17, 15) is 18.3 Å². The van der Waals surface area contributed by atoms with Gasteiger partial charge in [0.25, 0.3) is 0 Å². The first-order valence-corrected chi connectivity index (χ1v) is 9.39. The van der Waals surface area contributed by atoms with Gasteiger partial charge in [-0.05, 0) is 34.9 Å². The first-order chi connectivity index (χ1) is 13.4. The highest BCUT2D eigenvalue weighted by molar-refractivity contribution is 7.71. The lowest BCUT2D eigenvalue weighted by Crippen LogP contribution is -2.10. The third-order valence-electron chi connectivity index (χ3n) is 4.04. The van der Waals surface area contributed by atoms with Crippen LogP contribution in [0.4, 0.5) is 0 Å². The van der Waals surface area contributed by atoms with E-state index in [1.165, 1.54) is 12.1 Å². The average Bonchev–Trinajstić information content (AvgIpc) is 2.69. The molecule has 1 atom stereocenters. The molecule has 1 unspecified atom stereocenters. The Morgan fingerprint density at radius 2 is 1.57 bits per heavy atom. The second-order valence-corrected chi connectivity index (χ2v) is 6.70. The molecule has 0 aliphatic heterocycles. The molecule has 0 radical (unpaired) electrons. The standard InChI is InChI=1S/C21H16O6S/c22-19-11-10-17(12-18(19)21(23)24)27-20(13-28(25)26)16-8-6-15(7-9-16)14-4-2-1-3-5-14/h1-13,20,22H,(H,23,24). The van der Waals surface area contributed by atoms with Crippen LogP contribution in [0.1, 0.15) is 22.0 Å². The molecule has 3 rings (SSSR count). The maximum absolute atomic E-state index is 11.2. The molecule has 0 bridgehead atoms. The summed E-state index contributed by atoms with van der Waals surface area (Å²) in [7, 11) is -2.50. The molecule has 0 saturated heterocycles. The van der Waals surface area contributed by atoms with Crippen molar-refractivity contribution in [2.24, 2.45) is 0 Å². The minimum absolute atomic E-state index is 0.119. The number of rotatable bonds is 6. The molecule has 0 aliphatic carbocycles. The monoisotopic (exact) mass is 396 g/mol. The van der Waals surface area contributed by atoms with Crippen LogP contribution in [-0.2, 0) is 10.3 Å². The average molecular weight is 396 g/mol. The van der Waals surface area contributed by atoms with Gasteiger partial charge in [-0.3, -0.25) is 0 Å². The van der Waals surface area contributed by atoms with Crippen molar-refractivity contribution in [3.05, 3.63) is 83.9 Å². The number of hydrogen-bond donors (Lipinski definition) is 2. The fraction of sp³-hybridized carbons (Fsp3) is 0.0476. The first-order valence-electron chi connectivity index (χ1n) is 8.25. The number of hydrogen-bond acceptors (Lipinski definition) is 5.